The highest BCUT2D eigenvalue weighted by Crippen LogP contribution is 2.16. The zero-order valence-electron chi connectivity index (χ0n) is 12.7. The molecule has 6 nitrogen and oxygen atoms in total. The first-order valence-electron chi connectivity index (χ1n) is 7.55. The molecule has 2 heterocycles. The second kappa shape index (κ2) is 9.23. The third-order valence-electron chi connectivity index (χ3n) is 3.97. The van der Waals surface area contributed by atoms with E-state index in [1.807, 2.05) is 16.8 Å². The average Bonchev–Trinajstić information content (AvgIpc) is 3.01. The largest absolute Gasteiger partial charge is 0.368 e. The fourth-order valence-electron chi connectivity index (χ4n) is 2.73. The lowest BCUT2D eigenvalue weighted by molar-refractivity contribution is -0.146. The van der Waals surface area contributed by atoms with E-state index < -0.39 is 0 Å². The van der Waals surface area contributed by atoms with E-state index in [2.05, 4.69) is 5.32 Å². The molecule has 7 heteroatoms. The molecular formula is C14H26ClN3O3. The predicted octanol–water partition coefficient (Wildman–Crippen LogP) is 0.258. The zero-order valence-corrected chi connectivity index (χ0v) is 13.5. The second-order valence-electron chi connectivity index (χ2n) is 5.41. The van der Waals surface area contributed by atoms with Crippen molar-refractivity contribution in [3.63, 3.8) is 0 Å². The Morgan fingerprint density at radius 1 is 1.19 bits per heavy atom. The summed E-state index contributed by atoms with van der Waals surface area (Å²) in [6.07, 6.45) is 3.01. The zero-order chi connectivity index (χ0) is 14.4. The van der Waals surface area contributed by atoms with Gasteiger partial charge in [-0.25, -0.2) is 0 Å². The number of halogens is 1. The molecule has 0 spiro atoms. The first-order valence-corrected chi connectivity index (χ1v) is 7.55. The molecule has 0 radical (unpaired) electrons. The van der Waals surface area contributed by atoms with Gasteiger partial charge in [-0.1, -0.05) is 0 Å². The van der Waals surface area contributed by atoms with Gasteiger partial charge in [0.1, 0.15) is 6.10 Å². The van der Waals surface area contributed by atoms with E-state index in [0.717, 1.165) is 25.8 Å². The highest BCUT2D eigenvalue weighted by atomic mass is 35.5. The van der Waals surface area contributed by atoms with E-state index in [-0.39, 0.29) is 30.3 Å². The monoisotopic (exact) mass is 319 g/mol. The first-order chi connectivity index (χ1) is 9.72. The van der Waals surface area contributed by atoms with Crippen LogP contribution in [0.25, 0.3) is 0 Å². The maximum atomic E-state index is 12.2. The van der Waals surface area contributed by atoms with Gasteiger partial charge in [0.05, 0.1) is 0 Å². The van der Waals surface area contributed by atoms with Crippen molar-refractivity contribution in [2.45, 2.75) is 31.8 Å². The molecule has 2 saturated heterocycles. The molecule has 1 unspecified atom stereocenters. The summed E-state index contributed by atoms with van der Waals surface area (Å²) in [6, 6.07) is 0. The third-order valence-corrected chi connectivity index (χ3v) is 3.97. The van der Waals surface area contributed by atoms with E-state index in [9.17, 15) is 9.59 Å². The smallest absolute Gasteiger partial charge is 0.251 e. The Morgan fingerprint density at radius 2 is 1.86 bits per heavy atom. The summed E-state index contributed by atoms with van der Waals surface area (Å²) < 4.78 is 5.43. The number of hydrogen-bond acceptors (Lipinski definition) is 4. The van der Waals surface area contributed by atoms with Gasteiger partial charge in [0.15, 0.2) is 0 Å². The summed E-state index contributed by atoms with van der Waals surface area (Å²) in [5.74, 6) is 0.300. The lowest BCUT2D eigenvalue weighted by Gasteiger charge is -2.35. The number of piperazine rings is 1. The van der Waals surface area contributed by atoms with Crippen molar-refractivity contribution < 1.29 is 14.3 Å². The van der Waals surface area contributed by atoms with Gasteiger partial charge in [0, 0.05) is 39.2 Å². The number of nitrogens with zero attached hydrogens (tertiary/aromatic N) is 2. The van der Waals surface area contributed by atoms with Crippen LogP contribution in [0.15, 0.2) is 0 Å². The van der Waals surface area contributed by atoms with Crippen LogP contribution in [0, 0.1) is 0 Å². The minimum atomic E-state index is -0.243. The molecule has 0 aromatic rings. The van der Waals surface area contributed by atoms with Gasteiger partial charge in [0.2, 0.25) is 5.91 Å². The number of carbonyl (C=O) groups is 2. The van der Waals surface area contributed by atoms with Crippen molar-refractivity contribution in [3.8, 4) is 0 Å². The molecule has 2 fully saturated rings. The van der Waals surface area contributed by atoms with Crippen LogP contribution in [0.2, 0.25) is 0 Å². The van der Waals surface area contributed by atoms with Gasteiger partial charge in [-0.3, -0.25) is 9.59 Å². The Labute approximate surface area is 132 Å². The summed E-state index contributed by atoms with van der Waals surface area (Å²) in [5.41, 5.74) is 0. The van der Waals surface area contributed by atoms with Crippen LogP contribution in [0.3, 0.4) is 0 Å². The quantitative estimate of drug-likeness (QED) is 0.738. The predicted molar refractivity (Wildman–Crippen MR) is 82.5 cm³/mol. The molecule has 2 aliphatic heterocycles. The Morgan fingerprint density at radius 3 is 2.43 bits per heavy atom. The molecule has 122 valence electrons. The van der Waals surface area contributed by atoms with Crippen molar-refractivity contribution in [2.24, 2.45) is 0 Å². The van der Waals surface area contributed by atoms with Crippen LogP contribution < -0.4 is 5.32 Å². The number of nitrogens with one attached hydrogen (secondary N) is 1. The van der Waals surface area contributed by atoms with Crippen molar-refractivity contribution in [3.05, 3.63) is 0 Å². The minimum absolute atomic E-state index is 0. The van der Waals surface area contributed by atoms with Gasteiger partial charge in [-0.2, -0.15) is 0 Å². The Balaban J connectivity index is 0.00000220. The second-order valence-corrected chi connectivity index (χ2v) is 5.41. The van der Waals surface area contributed by atoms with Crippen molar-refractivity contribution in [2.75, 3.05) is 46.4 Å². The molecule has 1 atom stereocenters. The lowest BCUT2D eigenvalue weighted by Crippen LogP contribution is -2.52. The standard InChI is InChI=1S/C14H25N3O3.ClH/c1-15-6-2-5-13(18)16-7-9-17(10-8-16)14(19)12-4-3-11-20-12;/h12,15H,2-11H2,1H3;1H. The molecule has 0 aliphatic carbocycles. The summed E-state index contributed by atoms with van der Waals surface area (Å²) in [5, 5.41) is 3.04. The Hall–Kier alpha value is -0.850. The van der Waals surface area contributed by atoms with Gasteiger partial charge in [-0.15, -0.1) is 12.4 Å². The summed E-state index contributed by atoms with van der Waals surface area (Å²) >= 11 is 0. The molecule has 0 aromatic carbocycles. The van der Waals surface area contributed by atoms with E-state index in [4.69, 9.17) is 4.74 Å². The van der Waals surface area contributed by atoms with Crippen molar-refractivity contribution >= 4 is 24.2 Å². The first kappa shape index (κ1) is 18.2. The molecular weight excluding hydrogens is 294 g/mol. The van der Waals surface area contributed by atoms with Crippen LogP contribution >= 0.6 is 12.4 Å². The molecule has 2 amide bonds. The van der Waals surface area contributed by atoms with Crippen molar-refractivity contribution in [1.29, 1.82) is 0 Å². The van der Waals surface area contributed by atoms with E-state index >= 15 is 0 Å². The fraction of sp³-hybridized carbons (Fsp3) is 0.857. The molecule has 1 N–H and O–H groups in total. The lowest BCUT2D eigenvalue weighted by atomic mass is 10.2. The SMILES string of the molecule is CNCCCC(=O)N1CCN(C(=O)C2CCCO2)CC1.Cl. The fourth-order valence-corrected chi connectivity index (χ4v) is 2.73. The van der Waals surface area contributed by atoms with Crippen LogP contribution in [0.5, 0.6) is 0 Å². The molecule has 21 heavy (non-hydrogen) atoms. The normalized spacial score (nSPS) is 22.0. The molecule has 2 rings (SSSR count). The van der Waals surface area contributed by atoms with E-state index in [1.165, 1.54) is 0 Å². The Kier molecular flexibility index (Phi) is 8.00. The van der Waals surface area contributed by atoms with Crippen LogP contribution in [0.4, 0.5) is 0 Å². The number of amides is 2. The summed E-state index contributed by atoms with van der Waals surface area (Å²) in [6.45, 7) is 4.13. The average molecular weight is 320 g/mol. The van der Waals surface area contributed by atoms with Gasteiger partial charge < -0.3 is 19.9 Å². The molecule has 0 saturated carbocycles. The van der Waals surface area contributed by atoms with Crippen LogP contribution in [0.1, 0.15) is 25.7 Å². The van der Waals surface area contributed by atoms with Crippen LogP contribution in [-0.2, 0) is 14.3 Å². The maximum Gasteiger partial charge on any atom is 0.251 e. The highest BCUT2D eigenvalue weighted by molar-refractivity contribution is 5.85. The number of carbonyl (C=O) groups excluding carboxylic acids is 2. The van der Waals surface area contributed by atoms with E-state index in [1.54, 1.807) is 0 Å². The van der Waals surface area contributed by atoms with Crippen molar-refractivity contribution in [1.82, 2.24) is 15.1 Å². The van der Waals surface area contributed by atoms with Crippen LogP contribution in [-0.4, -0.2) is 74.1 Å². The summed E-state index contributed by atoms with van der Waals surface area (Å²) in [4.78, 5) is 27.9. The highest BCUT2D eigenvalue weighted by Gasteiger charge is 2.31. The third kappa shape index (κ3) is 5.13. The number of hydrogen-bond donors (Lipinski definition) is 1. The van der Waals surface area contributed by atoms with Gasteiger partial charge in [-0.05, 0) is 32.9 Å². The minimum Gasteiger partial charge on any atom is -0.368 e. The molecule has 0 aromatic heterocycles. The molecule has 2 aliphatic rings. The number of rotatable bonds is 5. The van der Waals surface area contributed by atoms with Gasteiger partial charge in [0.25, 0.3) is 5.91 Å². The topological polar surface area (TPSA) is 61.9 Å². The van der Waals surface area contributed by atoms with E-state index in [0.29, 0.717) is 39.2 Å². The number of ether oxygens (including phenoxy) is 1. The Bertz CT molecular complexity index is 340. The maximum absolute atomic E-state index is 12.2. The van der Waals surface area contributed by atoms with Gasteiger partial charge >= 0.3 is 0 Å². The summed E-state index contributed by atoms with van der Waals surface area (Å²) in [7, 11) is 1.89. The molecule has 0 bridgehead atoms.